The molecule has 0 aliphatic heterocycles. The molecule has 16 heteroatoms. The average molecular weight is 695 g/mol. The number of carboxylic acids is 3. The van der Waals surface area contributed by atoms with E-state index < -0.39 is 17.9 Å². The van der Waals surface area contributed by atoms with Crippen molar-refractivity contribution in [2.45, 2.75) is 71.1 Å². The van der Waals surface area contributed by atoms with Gasteiger partial charge in [-0.05, 0) is 74.6 Å². The molecule has 2 aromatic rings. The quantitative estimate of drug-likeness (QED) is 0.108. The molecule has 3 N–H and O–H groups in total. The van der Waals surface area contributed by atoms with Crippen molar-refractivity contribution >= 4 is 50.3 Å². The lowest BCUT2D eigenvalue weighted by atomic mass is 10.1. The smallest absolute Gasteiger partial charge is 0.335 e. The molecule has 0 saturated carbocycles. The Morgan fingerprint density at radius 1 is 0.531 bits per heavy atom. The molecule has 2 aromatic carbocycles. The molecule has 0 heterocycles. The molecule has 49 heavy (non-hydrogen) atoms. The van der Waals surface area contributed by atoms with Crippen molar-refractivity contribution in [3.8, 4) is 17.2 Å². The van der Waals surface area contributed by atoms with E-state index in [9.17, 15) is 38.4 Å². The molecule has 2 rings (SSSR count). The van der Waals surface area contributed by atoms with Crippen LogP contribution < -0.4 is 14.2 Å². The molecule has 0 unspecified atom stereocenters. The van der Waals surface area contributed by atoms with E-state index in [1.54, 1.807) is 19.1 Å². The number of carbonyl (C=O) groups excluding carboxylic acids is 5. The van der Waals surface area contributed by atoms with E-state index in [-0.39, 0.29) is 24.9 Å². The number of carbonyl (C=O) groups is 8. The summed E-state index contributed by atoms with van der Waals surface area (Å²) in [7, 11) is 0. The van der Waals surface area contributed by atoms with Crippen LogP contribution in [0, 0.1) is 6.92 Å². The molecule has 0 saturated heterocycles. The molecule has 0 radical (unpaired) electrons. The molecule has 0 aliphatic carbocycles. The Kier molecular flexibility index (Phi) is 29.7. The molecule has 0 aromatic heterocycles. The summed E-state index contributed by atoms with van der Waals surface area (Å²) < 4.78 is 22.5. The molecule has 0 bridgehead atoms. The summed E-state index contributed by atoms with van der Waals surface area (Å²) in [5.74, 6) is -1.50. The third-order valence-corrected chi connectivity index (χ3v) is 5.62. The Bertz CT molecular complexity index is 1220. The van der Waals surface area contributed by atoms with Gasteiger partial charge in [-0.2, -0.15) is 0 Å². The standard InChI is InChI=1S/C10H18O4.C9H8O4.C8H6O4.C6H10O4/c11-9-14-8-6-4-2-1-3-5-7-10(12)13;1-7-2-8(12-5-10)4-9(3-7)13-6-11;9-5-12-7-3-1-6(2-4-7)8(10)11;7-5-10-4-2-1-3-6(8)9/h9H,1-8H2,(H,12,13);2-6H,1H3;1-5H,(H,10,11);5H,1-4H2,(H,8,9). The lowest BCUT2D eigenvalue weighted by Crippen LogP contribution is -1.96. The van der Waals surface area contributed by atoms with Crippen molar-refractivity contribution in [3.05, 3.63) is 53.6 Å². The summed E-state index contributed by atoms with van der Waals surface area (Å²) in [6, 6.07) is 10.3. The largest absolute Gasteiger partial charge is 0.481 e. The van der Waals surface area contributed by atoms with E-state index >= 15 is 0 Å². The fourth-order valence-electron chi connectivity index (χ4n) is 3.42. The molecule has 0 fully saturated rings. The lowest BCUT2D eigenvalue weighted by Gasteiger charge is -2.02. The number of hydrogen-bond acceptors (Lipinski definition) is 13. The monoisotopic (exact) mass is 694 g/mol. The number of ether oxygens (including phenoxy) is 5. The van der Waals surface area contributed by atoms with Crippen LogP contribution in [0.15, 0.2) is 42.5 Å². The normalized spacial score (nSPS) is 9.16. The summed E-state index contributed by atoms with van der Waals surface area (Å²) in [4.78, 5) is 79.7. The van der Waals surface area contributed by atoms with Crippen LogP contribution in [0.1, 0.15) is 80.1 Å². The predicted octanol–water partition coefficient (Wildman–Crippen LogP) is 4.37. The summed E-state index contributed by atoms with van der Waals surface area (Å²) in [5, 5.41) is 25.0. The number of unbranched alkanes of at least 4 members (excludes halogenated alkanes) is 6. The van der Waals surface area contributed by atoms with Crippen molar-refractivity contribution < 1.29 is 77.4 Å². The van der Waals surface area contributed by atoms with Gasteiger partial charge >= 0.3 is 17.9 Å². The van der Waals surface area contributed by atoms with Crippen molar-refractivity contribution in [3.63, 3.8) is 0 Å². The molecule has 270 valence electrons. The molecule has 0 aliphatic rings. The minimum absolute atomic E-state index is 0.141. The van der Waals surface area contributed by atoms with Crippen LogP contribution in [0.25, 0.3) is 0 Å². The molecule has 0 atom stereocenters. The van der Waals surface area contributed by atoms with Gasteiger partial charge in [0.15, 0.2) is 0 Å². The predicted molar refractivity (Wildman–Crippen MR) is 170 cm³/mol. The molecule has 16 nitrogen and oxygen atoms in total. The first-order chi connectivity index (χ1) is 23.5. The molecule has 0 spiro atoms. The number of aromatic carboxylic acids is 1. The second-order valence-electron chi connectivity index (χ2n) is 9.50. The summed E-state index contributed by atoms with van der Waals surface area (Å²) in [5.41, 5.74) is 1.00. The number of hydrogen-bond donors (Lipinski definition) is 3. The van der Waals surface area contributed by atoms with E-state index in [0.717, 1.165) is 44.1 Å². The van der Waals surface area contributed by atoms with Crippen LogP contribution in [-0.2, 0) is 43.0 Å². The van der Waals surface area contributed by atoms with Gasteiger partial charge in [-0.25, -0.2) is 4.79 Å². The Labute approximate surface area is 282 Å². The third-order valence-electron chi connectivity index (χ3n) is 5.62. The van der Waals surface area contributed by atoms with Gasteiger partial charge in [-0.1, -0.05) is 25.7 Å². The van der Waals surface area contributed by atoms with Crippen LogP contribution in [-0.4, -0.2) is 78.8 Å². The van der Waals surface area contributed by atoms with Gasteiger partial charge in [0.2, 0.25) is 0 Å². The van der Waals surface area contributed by atoms with Crippen LogP contribution in [0.5, 0.6) is 17.2 Å². The van der Waals surface area contributed by atoms with E-state index in [2.05, 4.69) is 23.7 Å². The SMILES string of the molecule is Cc1cc(OC=O)cc(OC=O)c1.O=COCCCCC(=O)O.O=COCCCCCCCCC(=O)O.O=COc1ccc(C(=O)O)cc1. The second-order valence-corrected chi connectivity index (χ2v) is 9.50. The van der Waals surface area contributed by atoms with Crippen molar-refractivity contribution in [2.24, 2.45) is 0 Å². The van der Waals surface area contributed by atoms with Crippen LogP contribution >= 0.6 is 0 Å². The number of carboxylic acid groups (broad SMARTS) is 3. The Morgan fingerprint density at radius 3 is 1.33 bits per heavy atom. The number of aliphatic carboxylic acids is 2. The maximum absolute atomic E-state index is 10.4. The maximum Gasteiger partial charge on any atom is 0.335 e. The first-order valence-electron chi connectivity index (χ1n) is 14.8. The molecule has 0 amide bonds. The fraction of sp³-hybridized carbons (Fsp3) is 0.394. The van der Waals surface area contributed by atoms with E-state index in [0.29, 0.717) is 69.2 Å². The Morgan fingerprint density at radius 2 is 0.918 bits per heavy atom. The minimum Gasteiger partial charge on any atom is -0.481 e. The minimum atomic E-state index is -1.01. The first kappa shape index (κ1) is 45.3. The lowest BCUT2D eigenvalue weighted by molar-refractivity contribution is -0.138. The zero-order chi connectivity index (χ0) is 37.1. The van der Waals surface area contributed by atoms with E-state index in [1.807, 2.05) is 0 Å². The number of benzene rings is 2. The van der Waals surface area contributed by atoms with Crippen LogP contribution in [0.2, 0.25) is 0 Å². The van der Waals surface area contributed by atoms with E-state index in [4.69, 9.17) is 15.3 Å². The topological polar surface area (TPSA) is 243 Å². The van der Waals surface area contributed by atoms with Crippen molar-refractivity contribution in [2.75, 3.05) is 13.2 Å². The summed E-state index contributed by atoms with van der Waals surface area (Å²) >= 11 is 0. The molecular weight excluding hydrogens is 652 g/mol. The van der Waals surface area contributed by atoms with Gasteiger partial charge < -0.3 is 39.0 Å². The highest BCUT2D eigenvalue weighted by molar-refractivity contribution is 5.87. The number of aryl methyl sites for hydroxylation is 1. The fourth-order valence-corrected chi connectivity index (χ4v) is 3.42. The van der Waals surface area contributed by atoms with Gasteiger partial charge in [0.1, 0.15) is 17.2 Å². The Balaban J connectivity index is 0. The zero-order valence-corrected chi connectivity index (χ0v) is 27.1. The summed E-state index contributed by atoms with van der Waals surface area (Å²) in [6.07, 6.45) is 7.42. The van der Waals surface area contributed by atoms with Crippen LogP contribution in [0.4, 0.5) is 0 Å². The number of rotatable bonds is 23. The first-order valence-corrected chi connectivity index (χ1v) is 14.8. The van der Waals surface area contributed by atoms with Crippen molar-refractivity contribution in [1.82, 2.24) is 0 Å². The van der Waals surface area contributed by atoms with Gasteiger partial charge in [-0.3, -0.25) is 33.6 Å². The third kappa shape index (κ3) is 30.6. The van der Waals surface area contributed by atoms with Gasteiger partial charge in [-0.15, -0.1) is 0 Å². The highest BCUT2D eigenvalue weighted by atomic mass is 16.5. The second kappa shape index (κ2) is 32.2. The molecular formula is C33H42O16. The highest BCUT2D eigenvalue weighted by Crippen LogP contribution is 2.21. The van der Waals surface area contributed by atoms with Gasteiger partial charge in [0, 0.05) is 18.9 Å². The highest BCUT2D eigenvalue weighted by Gasteiger charge is 2.02. The summed E-state index contributed by atoms with van der Waals surface area (Å²) in [6.45, 7) is 4.37. The Hall–Kier alpha value is -5.80. The average Bonchev–Trinajstić information content (AvgIpc) is 3.05. The maximum atomic E-state index is 10.4. The van der Waals surface area contributed by atoms with Crippen LogP contribution in [0.3, 0.4) is 0 Å². The van der Waals surface area contributed by atoms with Crippen molar-refractivity contribution in [1.29, 1.82) is 0 Å². The van der Waals surface area contributed by atoms with Gasteiger partial charge in [0.05, 0.1) is 18.8 Å². The zero-order valence-electron chi connectivity index (χ0n) is 27.1. The van der Waals surface area contributed by atoms with E-state index in [1.165, 1.54) is 30.3 Å². The van der Waals surface area contributed by atoms with Gasteiger partial charge in [0.25, 0.3) is 32.4 Å².